The predicted molar refractivity (Wildman–Crippen MR) is 129 cm³/mol. The summed E-state index contributed by atoms with van der Waals surface area (Å²) in [6, 6.07) is 19.9. The molecular weight excluding hydrogens is 469 g/mol. The maximum absolute atomic E-state index is 13.0. The van der Waals surface area contributed by atoms with E-state index in [-0.39, 0.29) is 5.56 Å². The van der Waals surface area contributed by atoms with E-state index >= 15 is 0 Å². The summed E-state index contributed by atoms with van der Waals surface area (Å²) in [5, 5.41) is 20.9. The number of benzene rings is 2. The average molecular weight is 497 g/mol. The van der Waals surface area contributed by atoms with Crippen LogP contribution in [-0.2, 0) is 5.60 Å². The van der Waals surface area contributed by atoms with Gasteiger partial charge in [0.2, 0.25) is 5.60 Å². The number of nitrogens with zero attached hydrogens (tertiary/aromatic N) is 2. The molecule has 0 amide bonds. The number of anilines is 1. The lowest BCUT2D eigenvalue weighted by atomic mass is 9.94. The summed E-state index contributed by atoms with van der Waals surface area (Å²) >= 11 is 3.41. The van der Waals surface area contributed by atoms with Crippen molar-refractivity contribution in [2.75, 3.05) is 37.7 Å². The first kappa shape index (κ1) is 25.6. The molecule has 0 spiro atoms. The van der Waals surface area contributed by atoms with Gasteiger partial charge >= 0.3 is 6.18 Å². The van der Waals surface area contributed by atoms with Gasteiger partial charge in [-0.15, -0.1) is 11.3 Å². The molecule has 1 saturated heterocycles. The quantitative estimate of drug-likeness (QED) is 0.469. The molecule has 1 aliphatic rings. The van der Waals surface area contributed by atoms with Crippen molar-refractivity contribution in [3.05, 3.63) is 83.2 Å². The van der Waals surface area contributed by atoms with Crippen LogP contribution in [0.2, 0.25) is 0 Å². The smallest absolute Gasteiger partial charge is 0.393 e. The molecule has 2 N–H and O–H groups in total. The highest BCUT2D eigenvalue weighted by atomic mass is 32.2. The Labute approximate surface area is 200 Å². The molecule has 0 bridgehead atoms. The van der Waals surface area contributed by atoms with Crippen LogP contribution in [0.4, 0.5) is 18.9 Å². The van der Waals surface area contributed by atoms with Crippen LogP contribution in [0.1, 0.15) is 11.1 Å². The van der Waals surface area contributed by atoms with Crippen molar-refractivity contribution >= 4 is 29.0 Å². The van der Waals surface area contributed by atoms with Crippen molar-refractivity contribution < 1.29 is 23.4 Å². The fourth-order valence-corrected chi connectivity index (χ4v) is 5.15. The molecule has 3 aromatic rings. The SMILES string of the molecule is Cc1ccccc1.OCC(O)(c1ccc(N2CCN(Sc3cccs3)CC2)cc1)C(F)(F)F. The molecule has 0 saturated carbocycles. The molecule has 4 nitrogen and oxygen atoms in total. The number of thiophene rings is 1. The number of aryl methyl sites for hydroxylation is 1. The molecule has 1 unspecified atom stereocenters. The van der Waals surface area contributed by atoms with Crippen molar-refractivity contribution in [1.29, 1.82) is 0 Å². The molecule has 33 heavy (non-hydrogen) atoms. The molecule has 0 aliphatic carbocycles. The third-order valence-electron chi connectivity index (χ3n) is 5.30. The largest absolute Gasteiger partial charge is 0.423 e. The maximum Gasteiger partial charge on any atom is 0.423 e. The topological polar surface area (TPSA) is 46.9 Å². The van der Waals surface area contributed by atoms with Crippen LogP contribution >= 0.6 is 23.3 Å². The van der Waals surface area contributed by atoms with E-state index in [0.717, 1.165) is 31.9 Å². The standard InChI is InChI=1S/C17H19F3N2O2S2.C7H8/c18-17(19,20)16(24,12-23)13-3-5-14(6-4-13)21-7-9-22(10-8-21)26-15-2-1-11-25-15;1-7-5-3-2-4-6-7/h1-6,11,23-24H,7-10,12H2;2-6H,1H3. The van der Waals surface area contributed by atoms with E-state index in [4.69, 9.17) is 5.11 Å². The highest BCUT2D eigenvalue weighted by Gasteiger charge is 2.54. The van der Waals surface area contributed by atoms with Gasteiger partial charge in [0, 0.05) is 31.9 Å². The van der Waals surface area contributed by atoms with E-state index in [9.17, 15) is 18.3 Å². The lowest BCUT2D eigenvalue weighted by Crippen LogP contribution is -2.45. The molecule has 178 valence electrons. The van der Waals surface area contributed by atoms with E-state index in [1.54, 1.807) is 35.4 Å². The number of halogens is 3. The Kier molecular flexibility index (Phi) is 8.83. The minimum Gasteiger partial charge on any atom is -0.393 e. The maximum atomic E-state index is 13.0. The van der Waals surface area contributed by atoms with E-state index in [1.807, 2.05) is 29.6 Å². The van der Waals surface area contributed by atoms with Crippen LogP contribution in [0.25, 0.3) is 0 Å². The van der Waals surface area contributed by atoms with Gasteiger partial charge in [-0.3, -0.25) is 0 Å². The normalized spacial score (nSPS) is 16.6. The number of hydrogen-bond acceptors (Lipinski definition) is 6. The van der Waals surface area contributed by atoms with Crippen LogP contribution in [-0.4, -0.2) is 53.5 Å². The highest BCUT2D eigenvalue weighted by Crippen LogP contribution is 2.39. The Balaban J connectivity index is 0.000000374. The second kappa shape index (κ2) is 11.4. The average Bonchev–Trinajstić information content (AvgIpc) is 3.32. The lowest BCUT2D eigenvalue weighted by molar-refractivity contribution is -0.277. The first-order chi connectivity index (χ1) is 15.7. The first-order valence-corrected chi connectivity index (χ1v) is 12.1. The Hall–Kier alpha value is -2.04. The fraction of sp³-hybridized carbons (Fsp3) is 0.333. The van der Waals surface area contributed by atoms with Crippen LogP contribution in [0, 0.1) is 6.92 Å². The molecule has 2 aromatic carbocycles. The molecule has 0 radical (unpaired) electrons. The van der Waals surface area contributed by atoms with Gasteiger partial charge in [0.05, 0.1) is 10.8 Å². The number of alkyl halides is 3. The molecule has 4 rings (SSSR count). The van der Waals surface area contributed by atoms with Crippen LogP contribution in [0.15, 0.2) is 76.3 Å². The van der Waals surface area contributed by atoms with Crippen LogP contribution in [0.5, 0.6) is 0 Å². The van der Waals surface area contributed by atoms with E-state index < -0.39 is 18.4 Å². The number of aliphatic hydroxyl groups is 2. The van der Waals surface area contributed by atoms with Gasteiger partial charge in [0.1, 0.15) is 0 Å². The Morgan fingerprint density at radius 3 is 2.00 bits per heavy atom. The zero-order valence-electron chi connectivity index (χ0n) is 18.2. The number of piperazine rings is 1. The molecule has 1 aliphatic heterocycles. The Morgan fingerprint density at radius 1 is 0.909 bits per heavy atom. The monoisotopic (exact) mass is 496 g/mol. The van der Waals surface area contributed by atoms with Gasteiger partial charge in [-0.05, 0) is 48.0 Å². The van der Waals surface area contributed by atoms with Crippen LogP contribution < -0.4 is 4.90 Å². The second-order valence-electron chi connectivity index (χ2n) is 7.66. The van der Waals surface area contributed by atoms with E-state index in [0.29, 0.717) is 0 Å². The molecule has 9 heteroatoms. The zero-order chi connectivity index (χ0) is 23.9. The van der Waals surface area contributed by atoms with Gasteiger partial charge < -0.3 is 15.1 Å². The first-order valence-electron chi connectivity index (χ1n) is 10.5. The second-order valence-corrected chi connectivity index (χ2v) is 10.0. The number of hydrogen-bond donors (Lipinski definition) is 2. The summed E-state index contributed by atoms with van der Waals surface area (Å²) in [7, 11) is 0. The molecule has 1 fully saturated rings. The minimum absolute atomic E-state index is 0.358. The summed E-state index contributed by atoms with van der Waals surface area (Å²) in [5.74, 6) is 0. The summed E-state index contributed by atoms with van der Waals surface area (Å²) < 4.78 is 42.6. The highest BCUT2D eigenvalue weighted by molar-refractivity contribution is 7.98. The summed E-state index contributed by atoms with van der Waals surface area (Å²) in [4.78, 5) is 2.10. The van der Waals surface area contributed by atoms with Crippen molar-refractivity contribution in [3.8, 4) is 0 Å². The molecular formula is C24H27F3N2O2S2. The summed E-state index contributed by atoms with van der Waals surface area (Å²) in [5.41, 5.74) is -1.47. The van der Waals surface area contributed by atoms with Crippen molar-refractivity contribution in [2.24, 2.45) is 0 Å². The molecule has 1 atom stereocenters. The number of rotatable bonds is 5. The zero-order valence-corrected chi connectivity index (χ0v) is 19.8. The third-order valence-corrected chi connectivity index (χ3v) is 7.41. The van der Waals surface area contributed by atoms with Gasteiger partial charge in [-0.2, -0.15) is 13.2 Å². The van der Waals surface area contributed by atoms with Gasteiger partial charge in [-0.25, -0.2) is 4.31 Å². The van der Waals surface area contributed by atoms with E-state index in [2.05, 4.69) is 34.3 Å². The Bertz CT molecular complexity index is 962. The molecule has 1 aromatic heterocycles. The third kappa shape index (κ3) is 6.74. The van der Waals surface area contributed by atoms with Crippen molar-refractivity contribution in [2.45, 2.75) is 22.9 Å². The lowest BCUT2D eigenvalue weighted by Gasteiger charge is -2.35. The predicted octanol–water partition coefficient (Wildman–Crippen LogP) is 5.31. The van der Waals surface area contributed by atoms with Gasteiger partial charge in [0.25, 0.3) is 0 Å². The fourth-order valence-electron chi connectivity index (χ4n) is 3.31. The molecule has 2 heterocycles. The van der Waals surface area contributed by atoms with Gasteiger partial charge in [0.15, 0.2) is 0 Å². The van der Waals surface area contributed by atoms with Crippen LogP contribution in [0.3, 0.4) is 0 Å². The minimum atomic E-state index is -4.94. The number of aliphatic hydroxyl groups excluding tert-OH is 1. The van der Waals surface area contributed by atoms with Crippen molar-refractivity contribution in [3.63, 3.8) is 0 Å². The van der Waals surface area contributed by atoms with Crippen molar-refractivity contribution in [1.82, 2.24) is 4.31 Å². The van der Waals surface area contributed by atoms with Gasteiger partial charge in [-0.1, -0.05) is 54.1 Å². The Morgan fingerprint density at radius 2 is 1.55 bits per heavy atom. The van der Waals surface area contributed by atoms with E-state index in [1.165, 1.54) is 21.9 Å². The summed E-state index contributed by atoms with van der Waals surface area (Å²) in [6.07, 6.45) is -4.94. The summed E-state index contributed by atoms with van der Waals surface area (Å²) in [6.45, 7) is 3.89.